The van der Waals surface area contributed by atoms with E-state index in [9.17, 15) is 28.1 Å². The molecule has 0 spiro atoms. The van der Waals surface area contributed by atoms with Crippen molar-refractivity contribution in [1.82, 2.24) is 10.2 Å². The maximum atomic E-state index is 14.2. The Morgan fingerprint density at radius 3 is 2.23 bits per heavy atom. The zero-order valence-corrected chi connectivity index (χ0v) is 25.8. The number of hydrogen-bond donors (Lipinski definition) is 1. The third-order valence-electron chi connectivity index (χ3n) is 7.38. The van der Waals surface area contributed by atoms with Gasteiger partial charge in [0.05, 0.1) is 25.6 Å². The lowest BCUT2D eigenvalue weighted by Gasteiger charge is -2.33. The van der Waals surface area contributed by atoms with Gasteiger partial charge in [0.25, 0.3) is 15.7 Å². The van der Waals surface area contributed by atoms with Gasteiger partial charge in [-0.1, -0.05) is 67.2 Å². The Bertz CT molecular complexity index is 1570. The van der Waals surface area contributed by atoms with Crippen LogP contribution in [0.1, 0.15) is 44.6 Å². The van der Waals surface area contributed by atoms with Crippen molar-refractivity contribution in [1.29, 1.82) is 0 Å². The molecule has 0 unspecified atom stereocenters. The van der Waals surface area contributed by atoms with E-state index in [4.69, 9.17) is 23.2 Å². The van der Waals surface area contributed by atoms with Crippen LogP contribution < -0.4 is 9.62 Å². The highest BCUT2D eigenvalue weighted by molar-refractivity contribution is 7.92. The summed E-state index contributed by atoms with van der Waals surface area (Å²) >= 11 is 12.3. The zero-order chi connectivity index (χ0) is 31.1. The standard InChI is InChI=1S/C30H32Cl2N4O6S/c1-2-28(30(38)33-22-8-6-7-9-22)34(19-21-12-17-26(31)27(32)18-21)29(37)20-35(23-13-15-24(16-14-23)36(39)40)43(41,42)25-10-4-3-5-11-25/h3-5,10-18,22,28H,2,6-9,19-20H2,1H3,(H,33,38)/t28-/m1/s1. The van der Waals surface area contributed by atoms with E-state index in [1.165, 1.54) is 41.3 Å². The summed E-state index contributed by atoms with van der Waals surface area (Å²) in [6.45, 7) is 1.08. The van der Waals surface area contributed by atoms with Crippen LogP contribution in [0.3, 0.4) is 0 Å². The second-order valence-corrected chi connectivity index (χ2v) is 13.0. The average Bonchev–Trinajstić information content (AvgIpc) is 3.51. The Hall–Kier alpha value is -3.67. The Morgan fingerprint density at radius 1 is 1.00 bits per heavy atom. The van der Waals surface area contributed by atoms with E-state index >= 15 is 0 Å². The van der Waals surface area contributed by atoms with Crippen LogP contribution in [-0.2, 0) is 26.2 Å². The number of rotatable bonds is 12. The molecule has 1 aliphatic carbocycles. The first kappa shape index (κ1) is 32.2. The molecule has 0 saturated heterocycles. The Balaban J connectivity index is 1.73. The minimum atomic E-state index is -4.30. The maximum absolute atomic E-state index is 14.2. The Morgan fingerprint density at radius 2 is 1.65 bits per heavy atom. The molecule has 2 amide bonds. The molecule has 0 aliphatic heterocycles. The molecule has 1 saturated carbocycles. The van der Waals surface area contributed by atoms with Gasteiger partial charge in [-0.15, -0.1) is 0 Å². The first-order chi connectivity index (χ1) is 20.5. The van der Waals surface area contributed by atoms with Crippen molar-refractivity contribution in [3.8, 4) is 0 Å². The number of carbonyl (C=O) groups is 2. The number of nitrogens with zero attached hydrogens (tertiary/aromatic N) is 3. The number of benzene rings is 3. The van der Waals surface area contributed by atoms with Crippen molar-refractivity contribution in [2.75, 3.05) is 10.8 Å². The van der Waals surface area contributed by atoms with Crippen LogP contribution in [0.25, 0.3) is 0 Å². The molecule has 4 rings (SSSR count). The van der Waals surface area contributed by atoms with Gasteiger partial charge in [0.2, 0.25) is 11.8 Å². The molecule has 1 N–H and O–H groups in total. The molecule has 1 atom stereocenters. The maximum Gasteiger partial charge on any atom is 0.269 e. The van der Waals surface area contributed by atoms with Crippen LogP contribution in [0.4, 0.5) is 11.4 Å². The van der Waals surface area contributed by atoms with Gasteiger partial charge in [-0.05, 0) is 61.2 Å². The lowest BCUT2D eigenvalue weighted by atomic mass is 10.1. The van der Waals surface area contributed by atoms with E-state index < -0.39 is 33.4 Å². The molecule has 0 radical (unpaired) electrons. The number of sulfonamides is 1. The summed E-state index contributed by atoms with van der Waals surface area (Å²) in [5.41, 5.74) is 0.423. The molecular formula is C30H32Cl2N4O6S. The molecule has 10 nitrogen and oxygen atoms in total. The molecule has 0 aromatic heterocycles. The van der Waals surface area contributed by atoms with Gasteiger partial charge in [0, 0.05) is 24.7 Å². The lowest BCUT2D eigenvalue weighted by molar-refractivity contribution is -0.384. The van der Waals surface area contributed by atoms with Crippen molar-refractivity contribution in [3.63, 3.8) is 0 Å². The van der Waals surface area contributed by atoms with Crippen molar-refractivity contribution < 1.29 is 22.9 Å². The van der Waals surface area contributed by atoms with E-state index in [1.807, 2.05) is 0 Å². The van der Waals surface area contributed by atoms with Crippen molar-refractivity contribution >= 4 is 56.4 Å². The lowest BCUT2D eigenvalue weighted by Crippen LogP contribution is -2.53. The smallest absolute Gasteiger partial charge is 0.269 e. The van der Waals surface area contributed by atoms with Gasteiger partial charge in [-0.3, -0.25) is 24.0 Å². The van der Waals surface area contributed by atoms with E-state index in [1.54, 1.807) is 43.3 Å². The van der Waals surface area contributed by atoms with Gasteiger partial charge in [0.15, 0.2) is 0 Å². The number of halogens is 2. The third kappa shape index (κ3) is 7.84. The molecule has 0 heterocycles. The summed E-state index contributed by atoms with van der Waals surface area (Å²) in [5, 5.41) is 14.9. The number of amides is 2. The Labute approximate surface area is 260 Å². The highest BCUT2D eigenvalue weighted by Crippen LogP contribution is 2.28. The molecule has 228 valence electrons. The number of non-ortho nitro benzene ring substituents is 1. The largest absolute Gasteiger partial charge is 0.352 e. The quantitative estimate of drug-likeness (QED) is 0.191. The van der Waals surface area contributed by atoms with Crippen LogP contribution in [-0.4, -0.2) is 48.7 Å². The zero-order valence-electron chi connectivity index (χ0n) is 23.5. The second kappa shape index (κ2) is 14.2. The summed E-state index contributed by atoms with van der Waals surface area (Å²) < 4.78 is 28.6. The fourth-order valence-electron chi connectivity index (χ4n) is 5.11. The van der Waals surface area contributed by atoms with Crippen molar-refractivity contribution in [2.45, 2.75) is 62.6 Å². The van der Waals surface area contributed by atoms with Crippen LogP contribution >= 0.6 is 23.2 Å². The number of nitrogens with one attached hydrogen (secondary N) is 1. The monoisotopic (exact) mass is 646 g/mol. The first-order valence-corrected chi connectivity index (χ1v) is 16.1. The van der Waals surface area contributed by atoms with Gasteiger partial charge in [-0.2, -0.15) is 0 Å². The molecule has 3 aromatic carbocycles. The number of hydrogen-bond acceptors (Lipinski definition) is 6. The highest BCUT2D eigenvalue weighted by atomic mass is 35.5. The molecular weight excluding hydrogens is 615 g/mol. The molecule has 1 aliphatic rings. The molecule has 0 bridgehead atoms. The fraction of sp³-hybridized carbons (Fsp3) is 0.333. The summed E-state index contributed by atoms with van der Waals surface area (Å²) in [7, 11) is -4.30. The summed E-state index contributed by atoms with van der Waals surface area (Å²) in [6.07, 6.45) is 4.00. The van der Waals surface area contributed by atoms with Gasteiger partial charge < -0.3 is 10.2 Å². The Kier molecular flexibility index (Phi) is 10.6. The van der Waals surface area contributed by atoms with E-state index in [2.05, 4.69) is 5.32 Å². The van der Waals surface area contributed by atoms with Crippen LogP contribution in [0, 0.1) is 10.1 Å². The molecule has 43 heavy (non-hydrogen) atoms. The fourth-order valence-corrected chi connectivity index (χ4v) is 6.87. The van der Waals surface area contributed by atoms with Crippen molar-refractivity contribution in [2.24, 2.45) is 0 Å². The predicted molar refractivity (Wildman–Crippen MR) is 166 cm³/mol. The second-order valence-electron chi connectivity index (χ2n) is 10.3. The number of nitro groups is 1. The van der Waals surface area contributed by atoms with Crippen molar-refractivity contribution in [3.05, 3.63) is 98.5 Å². The number of anilines is 1. The van der Waals surface area contributed by atoms with Crippen LogP contribution in [0.5, 0.6) is 0 Å². The SMILES string of the molecule is CC[C@H](C(=O)NC1CCCC1)N(Cc1ccc(Cl)c(Cl)c1)C(=O)CN(c1ccc([N+](=O)[O-])cc1)S(=O)(=O)c1ccccc1. The minimum Gasteiger partial charge on any atom is -0.352 e. The van der Waals surface area contributed by atoms with Crippen LogP contribution in [0.15, 0.2) is 77.7 Å². The van der Waals surface area contributed by atoms with E-state index in [0.717, 1.165) is 30.0 Å². The van der Waals surface area contributed by atoms with Gasteiger partial charge >= 0.3 is 0 Å². The minimum absolute atomic E-state index is 0.0125. The number of carbonyl (C=O) groups excluding carboxylic acids is 2. The first-order valence-electron chi connectivity index (χ1n) is 13.9. The van der Waals surface area contributed by atoms with Gasteiger partial charge in [-0.25, -0.2) is 8.42 Å². The molecule has 13 heteroatoms. The normalized spacial score (nSPS) is 14.2. The molecule has 3 aromatic rings. The van der Waals surface area contributed by atoms with Gasteiger partial charge in [0.1, 0.15) is 12.6 Å². The third-order valence-corrected chi connectivity index (χ3v) is 9.91. The van der Waals surface area contributed by atoms with E-state index in [-0.39, 0.29) is 46.2 Å². The highest BCUT2D eigenvalue weighted by Gasteiger charge is 2.34. The number of nitro benzene ring substituents is 1. The van der Waals surface area contributed by atoms with E-state index in [0.29, 0.717) is 10.6 Å². The average molecular weight is 648 g/mol. The topological polar surface area (TPSA) is 130 Å². The molecule has 1 fully saturated rings. The summed E-state index contributed by atoms with van der Waals surface area (Å²) in [5.74, 6) is -0.965. The predicted octanol–water partition coefficient (Wildman–Crippen LogP) is 5.96. The van der Waals surface area contributed by atoms with Crippen LogP contribution in [0.2, 0.25) is 10.0 Å². The summed E-state index contributed by atoms with van der Waals surface area (Å²) in [6, 6.07) is 16.4. The summed E-state index contributed by atoms with van der Waals surface area (Å²) in [4.78, 5) is 39.6.